The number of hydrogen-bond donors (Lipinski definition) is 1. The topological polar surface area (TPSA) is 73.8 Å². The Morgan fingerprint density at radius 2 is 2.12 bits per heavy atom. The molecule has 2 amide bonds. The van der Waals surface area contributed by atoms with Gasteiger partial charge in [-0.25, -0.2) is 9.78 Å². The van der Waals surface area contributed by atoms with Crippen LogP contribution in [0.2, 0.25) is 0 Å². The molecule has 132 valence electrons. The molecule has 2 aliphatic heterocycles. The van der Waals surface area contributed by atoms with Crippen LogP contribution in [0.1, 0.15) is 0 Å². The number of anilines is 1. The lowest BCUT2D eigenvalue weighted by Crippen LogP contribution is -2.53. The smallest absolute Gasteiger partial charge is 0.317 e. The molecule has 0 spiro atoms. The molecule has 0 aromatic carbocycles. The molecule has 0 unspecified atom stereocenters. The molecule has 3 rings (SSSR count). The van der Waals surface area contributed by atoms with Crippen LogP contribution < -0.4 is 10.2 Å². The van der Waals surface area contributed by atoms with Gasteiger partial charge in [-0.2, -0.15) is 0 Å². The standard InChI is InChI=1S/C16H26N6O2/c1-20-8-9-24-13-14(12-20)10-19-16(23)22-6-4-21(5-7-22)15-11-17-2-3-18-15/h2-3,11,14H,4-10,12-13H2,1H3,(H,19,23)/t14-/m0/s1. The zero-order valence-electron chi connectivity index (χ0n) is 14.2. The van der Waals surface area contributed by atoms with E-state index in [1.807, 2.05) is 4.90 Å². The summed E-state index contributed by atoms with van der Waals surface area (Å²) in [5.74, 6) is 1.22. The van der Waals surface area contributed by atoms with E-state index in [1.54, 1.807) is 18.6 Å². The van der Waals surface area contributed by atoms with Crippen LogP contribution in [0.25, 0.3) is 0 Å². The normalized spacial score (nSPS) is 23.0. The van der Waals surface area contributed by atoms with E-state index in [9.17, 15) is 4.79 Å². The highest BCUT2D eigenvalue weighted by Crippen LogP contribution is 2.11. The summed E-state index contributed by atoms with van der Waals surface area (Å²) in [5.41, 5.74) is 0. The van der Waals surface area contributed by atoms with Gasteiger partial charge in [0.25, 0.3) is 0 Å². The molecule has 2 fully saturated rings. The number of nitrogens with one attached hydrogen (secondary N) is 1. The van der Waals surface area contributed by atoms with Crippen molar-refractivity contribution >= 4 is 11.8 Å². The summed E-state index contributed by atoms with van der Waals surface area (Å²) < 4.78 is 5.59. The van der Waals surface area contributed by atoms with Gasteiger partial charge in [-0.3, -0.25) is 4.98 Å². The van der Waals surface area contributed by atoms with Crippen molar-refractivity contribution in [1.29, 1.82) is 0 Å². The second-order valence-electron chi connectivity index (χ2n) is 6.43. The quantitative estimate of drug-likeness (QED) is 0.831. The first kappa shape index (κ1) is 16.9. The van der Waals surface area contributed by atoms with Gasteiger partial charge in [-0.05, 0) is 7.05 Å². The number of piperazine rings is 1. The van der Waals surface area contributed by atoms with E-state index in [2.05, 4.69) is 32.1 Å². The number of aromatic nitrogens is 2. The van der Waals surface area contributed by atoms with Gasteiger partial charge in [0.2, 0.25) is 0 Å². The molecule has 24 heavy (non-hydrogen) atoms. The largest absolute Gasteiger partial charge is 0.380 e. The highest BCUT2D eigenvalue weighted by molar-refractivity contribution is 5.74. The Labute approximate surface area is 142 Å². The van der Waals surface area contributed by atoms with Gasteiger partial charge in [0, 0.05) is 64.1 Å². The third kappa shape index (κ3) is 4.55. The van der Waals surface area contributed by atoms with E-state index in [1.165, 1.54) is 0 Å². The molecule has 1 aromatic rings. The molecule has 0 bridgehead atoms. The van der Waals surface area contributed by atoms with Crippen LogP contribution in [0.5, 0.6) is 0 Å². The third-order valence-corrected chi connectivity index (χ3v) is 4.52. The van der Waals surface area contributed by atoms with Crippen molar-refractivity contribution in [2.75, 3.05) is 71.0 Å². The van der Waals surface area contributed by atoms with Gasteiger partial charge < -0.3 is 24.8 Å². The first-order valence-corrected chi connectivity index (χ1v) is 8.52. The second-order valence-corrected chi connectivity index (χ2v) is 6.43. The predicted octanol–water partition coefficient (Wildman–Crippen LogP) is -0.114. The van der Waals surface area contributed by atoms with Crippen LogP contribution in [0.15, 0.2) is 18.6 Å². The number of ether oxygens (including phenoxy) is 1. The van der Waals surface area contributed by atoms with E-state index < -0.39 is 0 Å². The molecule has 3 heterocycles. The van der Waals surface area contributed by atoms with Crippen LogP contribution in [0.4, 0.5) is 10.6 Å². The fourth-order valence-electron chi connectivity index (χ4n) is 3.12. The summed E-state index contributed by atoms with van der Waals surface area (Å²) in [7, 11) is 2.09. The second kappa shape index (κ2) is 8.25. The highest BCUT2D eigenvalue weighted by Gasteiger charge is 2.23. The van der Waals surface area contributed by atoms with Crippen molar-refractivity contribution in [3.05, 3.63) is 18.6 Å². The molecule has 2 saturated heterocycles. The highest BCUT2D eigenvalue weighted by atomic mass is 16.5. The molecule has 1 atom stereocenters. The number of nitrogens with zero attached hydrogens (tertiary/aromatic N) is 5. The maximum absolute atomic E-state index is 12.4. The maximum atomic E-state index is 12.4. The minimum absolute atomic E-state index is 0.0145. The van der Waals surface area contributed by atoms with Crippen molar-refractivity contribution < 1.29 is 9.53 Å². The summed E-state index contributed by atoms with van der Waals surface area (Å²) in [6, 6.07) is 0.0145. The summed E-state index contributed by atoms with van der Waals surface area (Å²) >= 11 is 0. The Hall–Kier alpha value is -1.93. The van der Waals surface area contributed by atoms with Gasteiger partial charge in [-0.15, -0.1) is 0 Å². The minimum atomic E-state index is 0.0145. The van der Waals surface area contributed by atoms with E-state index in [0.717, 1.165) is 38.6 Å². The van der Waals surface area contributed by atoms with Crippen LogP contribution in [-0.2, 0) is 4.74 Å². The van der Waals surface area contributed by atoms with Crippen LogP contribution >= 0.6 is 0 Å². The van der Waals surface area contributed by atoms with E-state index >= 15 is 0 Å². The fraction of sp³-hybridized carbons (Fsp3) is 0.688. The number of carbonyl (C=O) groups excluding carboxylic acids is 1. The van der Waals surface area contributed by atoms with Crippen molar-refractivity contribution in [3.8, 4) is 0 Å². The lowest BCUT2D eigenvalue weighted by molar-refractivity contribution is 0.121. The zero-order valence-corrected chi connectivity index (χ0v) is 14.2. The number of likely N-dealkylation sites (N-methyl/N-ethyl adjacent to an activating group) is 1. The van der Waals surface area contributed by atoms with Gasteiger partial charge >= 0.3 is 6.03 Å². The van der Waals surface area contributed by atoms with E-state index in [4.69, 9.17) is 4.74 Å². The van der Waals surface area contributed by atoms with Crippen molar-refractivity contribution in [2.24, 2.45) is 5.92 Å². The SMILES string of the molecule is CN1CCOC[C@@H](CNC(=O)N2CCN(c3cnccn3)CC2)C1. The van der Waals surface area contributed by atoms with Gasteiger partial charge in [0.15, 0.2) is 0 Å². The molecule has 8 nitrogen and oxygen atoms in total. The van der Waals surface area contributed by atoms with Crippen LogP contribution in [0.3, 0.4) is 0 Å². The first-order chi connectivity index (χ1) is 11.7. The van der Waals surface area contributed by atoms with Crippen LogP contribution in [-0.4, -0.2) is 91.9 Å². The van der Waals surface area contributed by atoms with Gasteiger partial charge in [0.1, 0.15) is 5.82 Å². The Bertz CT molecular complexity index is 521. The Balaban J connectivity index is 1.42. The summed E-state index contributed by atoms with van der Waals surface area (Å²) in [6.07, 6.45) is 5.13. The molecular weight excluding hydrogens is 308 g/mol. The summed E-state index contributed by atoms with van der Waals surface area (Å²) in [6.45, 7) is 7.01. The number of rotatable bonds is 3. The maximum Gasteiger partial charge on any atom is 0.317 e. The summed E-state index contributed by atoms with van der Waals surface area (Å²) in [5, 5.41) is 3.06. The average molecular weight is 334 g/mol. The van der Waals surface area contributed by atoms with Gasteiger partial charge in [-0.1, -0.05) is 0 Å². The van der Waals surface area contributed by atoms with E-state index in [0.29, 0.717) is 32.2 Å². The lowest BCUT2D eigenvalue weighted by Gasteiger charge is -2.35. The first-order valence-electron chi connectivity index (χ1n) is 8.52. The predicted molar refractivity (Wildman–Crippen MR) is 91.0 cm³/mol. The molecule has 0 radical (unpaired) electrons. The van der Waals surface area contributed by atoms with Crippen molar-refractivity contribution in [1.82, 2.24) is 25.1 Å². The Morgan fingerprint density at radius 1 is 1.29 bits per heavy atom. The molecular formula is C16H26N6O2. The molecule has 1 N–H and O–H groups in total. The number of urea groups is 1. The monoisotopic (exact) mass is 334 g/mol. The molecule has 8 heteroatoms. The molecule has 0 aliphatic carbocycles. The average Bonchev–Trinajstić information content (AvgIpc) is 2.84. The Morgan fingerprint density at radius 3 is 2.88 bits per heavy atom. The van der Waals surface area contributed by atoms with Crippen molar-refractivity contribution in [3.63, 3.8) is 0 Å². The molecule has 1 aromatic heterocycles. The van der Waals surface area contributed by atoms with Crippen molar-refractivity contribution in [2.45, 2.75) is 0 Å². The van der Waals surface area contributed by atoms with E-state index in [-0.39, 0.29) is 6.03 Å². The van der Waals surface area contributed by atoms with Gasteiger partial charge in [0.05, 0.1) is 19.4 Å². The number of hydrogen-bond acceptors (Lipinski definition) is 6. The zero-order chi connectivity index (χ0) is 16.8. The molecule has 2 aliphatic rings. The third-order valence-electron chi connectivity index (χ3n) is 4.52. The van der Waals surface area contributed by atoms with Crippen LogP contribution in [0, 0.1) is 5.92 Å². The fourth-order valence-corrected chi connectivity index (χ4v) is 3.12. The minimum Gasteiger partial charge on any atom is -0.380 e. The lowest BCUT2D eigenvalue weighted by atomic mass is 10.1. The number of carbonyl (C=O) groups is 1. The molecule has 0 saturated carbocycles. The Kier molecular flexibility index (Phi) is 5.81. The summed E-state index contributed by atoms with van der Waals surface area (Å²) in [4.78, 5) is 27.1. The number of amides is 2.